The van der Waals surface area contributed by atoms with E-state index in [-0.39, 0.29) is 5.69 Å². The van der Waals surface area contributed by atoms with Crippen molar-refractivity contribution in [2.24, 2.45) is 0 Å². The van der Waals surface area contributed by atoms with Crippen LogP contribution in [-0.2, 0) is 0 Å². The summed E-state index contributed by atoms with van der Waals surface area (Å²) in [5.74, 6) is -14.2. The van der Waals surface area contributed by atoms with Gasteiger partial charge in [0.15, 0.2) is 0 Å². The van der Waals surface area contributed by atoms with E-state index in [9.17, 15) is 26.7 Å². The van der Waals surface area contributed by atoms with Crippen LogP contribution in [0.5, 0.6) is 5.75 Å². The molecule has 1 N–H and O–H groups in total. The van der Waals surface area contributed by atoms with E-state index in [0.717, 1.165) is 12.5 Å². The minimum Gasteiger partial charge on any atom is -0.415 e. The van der Waals surface area contributed by atoms with Gasteiger partial charge in [0, 0.05) is 0 Å². The first-order valence-electron chi connectivity index (χ1n) is 4.65. The lowest BCUT2D eigenvalue weighted by molar-refractivity contribution is 0.0710. The Kier molecular flexibility index (Phi) is 3.19. The minimum absolute atomic E-state index is 0.316. The van der Waals surface area contributed by atoms with Crippen molar-refractivity contribution in [2.45, 2.75) is 0 Å². The van der Waals surface area contributed by atoms with Crippen LogP contribution in [0.1, 0.15) is 10.5 Å². The molecule has 0 atom stereocenters. The summed E-state index contributed by atoms with van der Waals surface area (Å²) in [4.78, 5) is 17.0. The maximum absolute atomic E-state index is 13.2. The van der Waals surface area contributed by atoms with Crippen molar-refractivity contribution in [1.82, 2.24) is 9.97 Å². The number of carbonyl (C=O) groups is 1. The smallest absolute Gasteiger partial charge is 0.362 e. The Bertz CT molecular complexity index is 613. The average molecular weight is 278 g/mol. The van der Waals surface area contributed by atoms with Gasteiger partial charge in [-0.1, -0.05) is 0 Å². The van der Waals surface area contributed by atoms with Crippen molar-refractivity contribution in [3.63, 3.8) is 0 Å². The number of nitrogens with one attached hydrogen (secondary N) is 1. The van der Waals surface area contributed by atoms with E-state index in [2.05, 4.69) is 14.7 Å². The highest BCUT2D eigenvalue weighted by Crippen LogP contribution is 2.29. The zero-order valence-electron chi connectivity index (χ0n) is 8.81. The number of H-pyrrole nitrogens is 1. The van der Waals surface area contributed by atoms with Crippen LogP contribution in [0, 0.1) is 29.1 Å². The van der Waals surface area contributed by atoms with E-state index >= 15 is 0 Å². The number of aromatic amines is 1. The van der Waals surface area contributed by atoms with Gasteiger partial charge in [0.2, 0.25) is 34.8 Å². The normalized spacial score (nSPS) is 10.6. The van der Waals surface area contributed by atoms with Gasteiger partial charge in [-0.3, -0.25) is 0 Å². The molecule has 0 aliphatic heterocycles. The monoisotopic (exact) mass is 278 g/mol. The lowest BCUT2D eigenvalue weighted by atomic mass is 10.2. The van der Waals surface area contributed by atoms with Crippen molar-refractivity contribution in [3.05, 3.63) is 47.3 Å². The fraction of sp³-hybridized carbons (Fsp3) is 0. The Morgan fingerprint density at radius 1 is 1.00 bits per heavy atom. The molecular formula is C10H3F5N2O2. The maximum atomic E-state index is 13.2. The van der Waals surface area contributed by atoms with Crippen LogP contribution >= 0.6 is 0 Å². The lowest BCUT2D eigenvalue weighted by Gasteiger charge is -2.07. The zero-order chi connectivity index (χ0) is 14.2. The molecule has 0 radical (unpaired) electrons. The molecule has 100 valence electrons. The summed E-state index contributed by atoms with van der Waals surface area (Å²) in [7, 11) is 0. The molecule has 2 rings (SSSR count). The second kappa shape index (κ2) is 4.67. The van der Waals surface area contributed by atoms with Crippen molar-refractivity contribution in [3.8, 4) is 5.75 Å². The molecule has 1 aromatic carbocycles. The van der Waals surface area contributed by atoms with Crippen LogP contribution in [0.25, 0.3) is 0 Å². The number of hydrogen-bond acceptors (Lipinski definition) is 3. The number of benzene rings is 1. The minimum atomic E-state index is -2.34. The molecule has 0 fully saturated rings. The second-order valence-corrected chi connectivity index (χ2v) is 3.25. The molecule has 0 aliphatic rings. The first-order valence-corrected chi connectivity index (χ1v) is 4.65. The molecule has 1 aromatic heterocycles. The SMILES string of the molecule is O=C(Oc1c(F)c(F)c(F)c(F)c1F)c1cnc[nH]1. The predicted molar refractivity (Wildman–Crippen MR) is 49.8 cm³/mol. The molecular weight excluding hydrogens is 275 g/mol. The molecule has 0 unspecified atom stereocenters. The van der Waals surface area contributed by atoms with Crippen LogP contribution < -0.4 is 4.74 Å². The van der Waals surface area contributed by atoms with Crippen LogP contribution in [0.4, 0.5) is 22.0 Å². The Morgan fingerprint density at radius 3 is 2.00 bits per heavy atom. The molecule has 4 nitrogen and oxygen atoms in total. The third kappa shape index (κ3) is 2.14. The molecule has 9 heteroatoms. The van der Waals surface area contributed by atoms with Gasteiger partial charge in [0.05, 0.1) is 12.5 Å². The van der Waals surface area contributed by atoms with Gasteiger partial charge in [-0.2, -0.15) is 8.78 Å². The summed E-state index contributed by atoms with van der Waals surface area (Å²) in [6.45, 7) is 0. The van der Waals surface area contributed by atoms with E-state index in [1.54, 1.807) is 0 Å². The predicted octanol–water partition coefficient (Wildman–Crippen LogP) is 2.32. The number of aromatic nitrogens is 2. The number of carbonyl (C=O) groups excluding carboxylic acids is 1. The molecule has 2 aromatic rings. The van der Waals surface area contributed by atoms with Crippen LogP contribution in [0.15, 0.2) is 12.5 Å². The molecule has 0 bridgehead atoms. The topological polar surface area (TPSA) is 55.0 Å². The summed E-state index contributed by atoms with van der Waals surface area (Å²) in [5.41, 5.74) is -0.316. The second-order valence-electron chi connectivity index (χ2n) is 3.25. The van der Waals surface area contributed by atoms with Gasteiger partial charge in [-0.15, -0.1) is 0 Å². The van der Waals surface area contributed by atoms with E-state index in [4.69, 9.17) is 0 Å². The number of imidazole rings is 1. The first-order chi connectivity index (χ1) is 8.93. The summed E-state index contributed by atoms with van der Waals surface area (Å²) >= 11 is 0. The summed E-state index contributed by atoms with van der Waals surface area (Å²) in [6.07, 6.45) is 2.02. The molecule has 0 saturated heterocycles. The lowest BCUT2D eigenvalue weighted by Crippen LogP contribution is -2.14. The third-order valence-corrected chi connectivity index (χ3v) is 2.08. The van der Waals surface area contributed by atoms with Gasteiger partial charge in [0.1, 0.15) is 5.69 Å². The van der Waals surface area contributed by atoms with E-state index in [1.807, 2.05) is 0 Å². The average Bonchev–Trinajstić information content (AvgIpc) is 2.93. The molecule has 0 aliphatic carbocycles. The van der Waals surface area contributed by atoms with Gasteiger partial charge in [-0.05, 0) is 0 Å². The van der Waals surface area contributed by atoms with Crippen LogP contribution in [-0.4, -0.2) is 15.9 Å². The third-order valence-electron chi connectivity index (χ3n) is 2.08. The highest BCUT2D eigenvalue weighted by atomic mass is 19.2. The molecule has 0 saturated carbocycles. The van der Waals surface area contributed by atoms with Crippen LogP contribution in [0.2, 0.25) is 0 Å². The van der Waals surface area contributed by atoms with Gasteiger partial charge < -0.3 is 9.72 Å². The fourth-order valence-corrected chi connectivity index (χ4v) is 1.19. The van der Waals surface area contributed by atoms with Crippen molar-refractivity contribution >= 4 is 5.97 Å². The van der Waals surface area contributed by atoms with E-state index in [1.165, 1.54) is 0 Å². The molecule has 1 heterocycles. The molecule has 0 amide bonds. The Morgan fingerprint density at radius 2 is 1.53 bits per heavy atom. The van der Waals surface area contributed by atoms with E-state index in [0.29, 0.717) is 0 Å². The number of hydrogen-bond donors (Lipinski definition) is 1. The number of rotatable bonds is 2. The Hall–Kier alpha value is -2.45. The first kappa shape index (κ1) is 13.0. The summed E-state index contributed by atoms with van der Waals surface area (Å²) in [6, 6.07) is 0. The van der Waals surface area contributed by atoms with E-state index < -0.39 is 40.8 Å². The Labute approximate surface area is 101 Å². The highest BCUT2D eigenvalue weighted by molar-refractivity contribution is 5.88. The number of esters is 1. The highest BCUT2D eigenvalue weighted by Gasteiger charge is 2.29. The number of nitrogens with zero attached hydrogens (tertiary/aromatic N) is 1. The zero-order valence-corrected chi connectivity index (χ0v) is 8.81. The fourth-order valence-electron chi connectivity index (χ4n) is 1.19. The number of halogens is 5. The quantitative estimate of drug-likeness (QED) is 0.301. The largest absolute Gasteiger partial charge is 0.415 e. The van der Waals surface area contributed by atoms with Gasteiger partial charge in [-0.25, -0.2) is 22.9 Å². The maximum Gasteiger partial charge on any atom is 0.362 e. The van der Waals surface area contributed by atoms with Crippen molar-refractivity contribution < 1.29 is 31.5 Å². The van der Waals surface area contributed by atoms with Crippen molar-refractivity contribution in [1.29, 1.82) is 0 Å². The van der Waals surface area contributed by atoms with Crippen molar-refractivity contribution in [2.75, 3.05) is 0 Å². The number of ether oxygens (including phenoxy) is 1. The summed E-state index contributed by atoms with van der Waals surface area (Å²) < 4.78 is 68.9. The molecule has 19 heavy (non-hydrogen) atoms. The van der Waals surface area contributed by atoms with Gasteiger partial charge in [0.25, 0.3) is 0 Å². The summed E-state index contributed by atoms with van der Waals surface area (Å²) in [5, 5.41) is 0. The Balaban J connectivity index is 2.44. The standard InChI is InChI=1S/C10H3F5N2O2/c11-4-5(12)7(14)9(8(15)6(4)13)19-10(18)3-1-16-2-17-3/h1-2H,(H,16,17). The van der Waals surface area contributed by atoms with Gasteiger partial charge >= 0.3 is 5.97 Å². The molecule has 0 spiro atoms. The van der Waals surface area contributed by atoms with Crippen LogP contribution in [0.3, 0.4) is 0 Å².